The number of urea groups is 1. The highest BCUT2D eigenvalue weighted by atomic mass is 32.1. The Bertz CT molecular complexity index is 1230. The summed E-state index contributed by atoms with van der Waals surface area (Å²) in [4.78, 5) is 32.5. The van der Waals surface area contributed by atoms with Gasteiger partial charge in [0.05, 0.1) is 17.1 Å². The maximum atomic E-state index is 13.3. The fraction of sp³-hybridized carbons (Fsp3) is 0.136. The van der Waals surface area contributed by atoms with Crippen LogP contribution in [-0.2, 0) is 16.9 Å². The summed E-state index contributed by atoms with van der Waals surface area (Å²) in [6, 6.07) is 17.0. The molecule has 1 unspecified atom stereocenters. The molecule has 7 heteroatoms. The smallest absolute Gasteiger partial charge is 0.325 e. The second-order valence-corrected chi connectivity index (χ2v) is 8.04. The zero-order valence-corrected chi connectivity index (χ0v) is 16.4. The number of nitrogens with one attached hydrogen (secondary N) is 1. The maximum Gasteiger partial charge on any atom is 0.325 e. The number of rotatable bonds is 4. The molecule has 1 aliphatic rings. The van der Waals surface area contributed by atoms with Gasteiger partial charge in [-0.2, -0.15) is 0 Å². The third-order valence-corrected chi connectivity index (χ3v) is 6.06. The van der Waals surface area contributed by atoms with Crippen LogP contribution >= 0.6 is 11.3 Å². The highest BCUT2D eigenvalue weighted by molar-refractivity contribution is 7.13. The van der Waals surface area contributed by atoms with E-state index in [1.54, 1.807) is 6.92 Å². The normalized spacial score (nSPS) is 19.1. The highest BCUT2D eigenvalue weighted by Gasteiger charge is 2.49. The molecule has 3 heterocycles. The van der Waals surface area contributed by atoms with Crippen molar-refractivity contribution in [3.05, 3.63) is 77.5 Å². The van der Waals surface area contributed by atoms with Crippen LogP contribution in [-0.4, -0.2) is 21.8 Å². The minimum Gasteiger partial charge on any atom is -0.443 e. The Morgan fingerprint density at radius 2 is 1.93 bits per heavy atom. The van der Waals surface area contributed by atoms with Crippen molar-refractivity contribution in [2.75, 3.05) is 0 Å². The molecule has 2 aromatic carbocycles. The summed E-state index contributed by atoms with van der Waals surface area (Å²) in [6.45, 7) is 1.80. The molecule has 144 valence electrons. The van der Waals surface area contributed by atoms with Crippen molar-refractivity contribution >= 4 is 34.0 Å². The number of fused-ring (bicyclic) bond motifs is 1. The number of nitrogens with zero attached hydrogens (tertiary/aromatic N) is 2. The van der Waals surface area contributed by atoms with Crippen molar-refractivity contribution in [3.63, 3.8) is 0 Å². The average molecular weight is 403 g/mol. The summed E-state index contributed by atoms with van der Waals surface area (Å²) >= 11 is 1.52. The quantitative estimate of drug-likeness (QED) is 0.508. The van der Waals surface area contributed by atoms with E-state index < -0.39 is 11.6 Å². The molecule has 5 rings (SSSR count). The van der Waals surface area contributed by atoms with Gasteiger partial charge in [0.25, 0.3) is 5.91 Å². The molecule has 1 atom stereocenters. The molecule has 0 bridgehead atoms. The standard InChI is InChI=1S/C22H17N3O3S/c1-22(17-9-4-7-14-6-2-3-8-16(14)17)20(26)25(21(27)24-22)12-15-13-28-19(23-15)18-10-5-11-29-18/h2-11,13H,12H2,1H3,(H,24,27). The van der Waals surface area contributed by atoms with Gasteiger partial charge in [0.1, 0.15) is 11.8 Å². The lowest BCUT2D eigenvalue weighted by atomic mass is 9.88. The van der Waals surface area contributed by atoms with Crippen molar-refractivity contribution in [2.45, 2.75) is 19.0 Å². The van der Waals surface area contributed by atoms with Gasteiger partial charge in [-0.05, 0) is 34.7 Å². The van der Waals surface area contributed by atoms with Crippen LogP contribution in [0.2, 0.25) is 0 Å². The maximum absolute atomic E-state index is 13.3. The molecule has 3 amide bonds. The molecule has 4 aromatic rings. The van der Waals surface area contributed by atoms with Gasteiger partial charge in [0.2, 0.25) is 5.89 Å². The number of hydrogen-bond donors (Lipinski definition) is 1. The number of carbonyl (C=O) groups excluding carboxylic acids is 2. The van der Waals surface area contributed by atoms with E-state index in [0.717, 1.165) is 21.2 Å². The first-order valence-corrected chi connectivity index (χ1v) is 10.0. The summed E-state index contributed by atoms with van der Waals surface area (Å²) in [5, 5.41) is 6.77. The molecule has 6 nitrogen and oxygen atoms in total. The summed E-state index contributed by atoms with van der Waals surface area (Å²) in [5.41, 5.74) is 0.160. The van der Waals surface area contributed by atoms with Crippen molar-refractivity contribution in [2.24, 2.45) is 0 Å². The highest BCUT2D eigenvalue weighted by Crippen LogP contribution is 2.34. The minimum absolute atomic E-state index is 0.0555. The van der Waals surface area contributed by atoms with Gasteiger partial charge >= 0.3 is 6.03 Å². The number of oxazole rings is 1. The predicted octanol–water partition coefficient (Wildman–Crippen LogP) is 4.52. The van der Waals surface area contributed by atoms with Crippen LogP contribution in [0.1, 0.15) is 18.2 Å². The molecule has 0 aliphatic carbocycles. The summed E-state index contributed by atoms with van der Waals surface area (Å²) in [6.07, 6.45) is 1.49. The molecule has 1 fully saturated rings. The lowest BCUT2D eigenvalue weighted by molar-refractivity contribution is -0.131. The number of benzene rings is 2. The zero-order chi connectivity index (χ0) is 20.0. The molecule has 1 N–H and O–H groups in total. The van der Waals surface area contributed by atoms with E-state index in [2.05, 4.69) is 10.3 Å². The van der Waals surface area contributed by atoms with Crippen LogP contribution in [0.3, 0.4) is 0 Å². The molecule has 0 spiro atoms. The third kappa shape index (κ3) is 2.82. The van der Waals surface area contributed by atoms with Crippen molar-refractivity contribution < 1.29 is 14.0 Å². The number of hydrogen-bond acceptors (Lipinski definition) is 5. The monoisotopic (exact) mass is 403 g/mol. The fourth-order valence-corrected chi connectivity index (χ4v) is 4.39. The second-order valence-electron chi connectivity index (χ2n) is 7.09. The first kappa shape index (κ1) is 17.6. The fourth-order valence-electron chi connectivity index (χ4n) is 3.74. The van der Waals surface area contributed by atoms with Crippen molar-refractivity contribution in [1.82, 2.24) is 15.2 Å². The van der Waals surface area contributed by atoms with Gasteiger partial charge in [0, 0.05) is 0 Å². The van der Waals surface area contributed by atoms with Gasteiger partial charge in [-0.25, -0.2) is 9.78 Å². The molecular weight excluding hydrogens is 386 g/mol. The van der Waals surface area contributed by atoms with Gasteiger partial charge < -0.3 is 9.73 Å². The molecule has 0 saturated carbocycles. The number of imide groups is 1. The van der Waals surface area contributed by atoms with Gasteiger partial charge in [-0.3, -0.25) is 9.69 Å². The van der Waals surface area contributed by atoms with Crippen LogP contribution in [0.25, 0.3) is 21.5 Å². The van der Waals surface area contributed by atoms with E-state index in [4.69, 9.17) is 4.42 Å². The summed E-state index contributed by atoms with van der Waals surface area (Å²) in [7, 11) is 0. The van der Waals surface area contributed by atoms with E-state index in [0.29, 0.717) is 11.6 Å². The van der Waals surface area contributed by atoms with Gasteiger partial charge in [-0.15, -0.1) is 11.3 Å². The SMILES string of the molecule is CC1(c2cccc3ccccc23)NC(=O)N(Cc2coc(-c3cccs3)n2)C1=O. The van der Waals surface area contributed by atoms with Crippen LogP contribution in [0, 0.1) is 0 Å². The van der Waals surface area contributed by atoms with E-state index in [-0.39, 0.29) is 12.5 Å². The van der Waals surface area contributed by atoms with E-state index in [9.17, 15) is 9.59 Å². The van der Waals surface area contributed by atoms with Crippen LogP contribution in [0.4, 0.5) is 4.79 Å². The lowest BCUT2D eigenvalue weighted by Gasteiger charge is -2.24. The van der Waals surface area contributed by atoms with Crippen LogP contribution < -0.4 is 5.32 Å². The van der Waals surface area contributed by atoms with Crippen molar-refractivity contribution in [1.29, 1.82) is 0 Å². The largest absolute Gasteiger partial charge is 0.443 e. The van der Waals surface area contributed by atoms with Crippen LogP contribution in [0.5, 0.6) is 0 Å². The Kier molecular flexibility index (Phi) is 3.99. The average Bonchev–Trinajstić information content (AvgIpc) is 3.46. The number of amides is 3. The van der Waals surface area contributed by atoms with Crippen LogP contribution in [0.15, 0.2) is 70.7 Å². The zero-order valence-electron chi connectivity index (χ0n) is 15.6. The molecule has 29 heavy (non-hydrogen) atoms. The summed E-state index contributed by atoms with van der Waals surface area (Å²) < 4.78 is 5.51. The van der Waals surface area contributed by atoms with Crippen molar-refractivity contribution in [3.8, 4) is 10.8 Å². The Hall–Kier alpha value is -3.45. The lowest BCUT2D eigenvalue weighted by Crippen LogP contribution is -2.41. The van der Waals surface area contributed by atoms with Gasteiger partial charge in [-0.1, -0.05) is 48.5 Å². The van der Waals surface area contributed by atoms with Gasteiger partial charge in [0.15, 0.2) is 0 Å². The van der Waals surface area contributed by atoms with E-state index in [1.165, 1.54) is 22.5 Å². The molecule has 1 saturated heterocycles. The second kappa shape index (κ2) is 6.56. The first-order chi connectivity index (χ1) is 14.1. The Morgan fingerprint density at radius 1 is 1.10 bits per heavy atom. The number of aromatic nitrogens is 1. The topological polar surface area (TPSA) is 75.4 Å². The predicted molar refractivity (Wildman–Crippen MR) is 110 cm³/mol. The Labute approximate surface area is 170 Å². The molecule has 1 aliphatic heterocycles. The Morgan fingerprint density at radius 3 is 2.76 bits per heavy atom. The summed E-state index contributed by atoms with van der Waals surface area (Å²) in [5.74, 6) is 0.179. The Balaban J connectivity index is 1.47. The molecule has 2 aromatic heterocycles. The first-order valence-electron chi connectivity index (χ1n) is 9.17. The van der Waals surface area contributed by atoms with E-state index in [1.807, 2.05) is 60.0 Å². The molecular formula is C22H17N3O3S. The molecule has 0 radical (unpaired) electrons. The number of thiophene rings is 1. The van der Waals surface area contributed by atoms with E-state index >= 15 is 0 Å². The minimum atomic E-state index is -1.14. The third-order valence-electron chi connectivity index (χ3n) is 5.21. The number of carbonyl (C=O) groups is 2.